The average molecular weight is 292 g/mol. The van der Waals surface area contributed by atoms with Crippen LogP contribution in [0.25, 0.3) is 0 Å². The number of nitrogens with zero attached hydrogens (tertiary/aromatic N) is 1. The summed E-state index contributed by atoms with van der Waals surface area (Å²) in [6.07, 6.45) is 3.24. The summed E-state index contributed by atoms with van der Waals surface area (Å²) < 4.78 is 4.98. The van der Waals surface area contributed by atoms with Gasteiger partial charge in [0.15, 0.2) is 0 Å². The van der Waals surface area contributed by atoms with E-state index in [9.17, 15) is 9.90 Å². The SMILES string of the molecule is COCCCNC(=O)N(Cc1ccc(O)cc1)CC1CC1. The van der Waals surface area contributed by atoms with Gasteiger partial charge >= 0.3 is 6.03 Å². The summed E-state index contributed by atoms with van der Waals surface area (Å²) in [6.45, 7) is 2.66. The van der Waals surface area contributed by atoms with Crippen LogP contribution in [0.15, 0.2) is 24.3 Å². The largest absolute Gasteiger partial charge is 0.508 e. The molecular weight excluding hydrogens is 268 g/mol. The van der Waals surface area contributed by atoms with E-state index in [4.69, 9.17) is 4.74 Å². The van der Waals surface area contributed by atoms with Crippen molar-refractivity contribution in [2.75, 3.05) is 26.8 Å². The number of aromatic hydroxyl groups is 1. The Hall–Kier alpha value is -1.75. The first-order valence-electron chi connectivity index (χ1n) is 7.48. The first-order valence-corrected chi connectivity index (χ1v) is 7.48. The summed E-state index contributed by atoms with van der Waals surface area (Å²) in [5, 5.41) is 12.3. The lowest BCUT2D eigenvalue weighted by atomic mass is 10.2. The van der Waals surface area contributed by atoms with Gasteiger partial charge in [0.2, 0.25) is 0 Å². The monoisotopic (exact) mass is 292 g/mol. The minimum absolute atomic E-state index is 0.0221. The normalized spacial score (nSPS) is 14.0. The second kappa shape index (κ2) is 7.88. The maximum Gasteiger partial charge on any atom is 0.317 e. The number of nitrogens with one attached hydrogen (secondary N) is 1. The number of amides is 2. The quantitative estimate of drug-likeness (QED) is 0.723. The average Bonchev–Trinajstić information content (AvgIpc) is 3.29. The molecule has 0 spiro atoms. The molecule has 0 radical (unpaired) electrons. The molecule has 0 aromatic heterocycles. The highest BCUT2D eigenvalue weighted by Gasteiger charge is 2.26. The maximum absolute atomic E-state index is 12.3. The van der Waals surface area contributed by atoms with Crippen molar-refractivity contribution in [1.82, 2.24) is 10.2 Å². The predicted molar refractivity (Wildman–Crippen MR) is 81.1 cm³/mol. The third-order valence-electron chi connectivity index (χ3n) is 3.57. The van der Waals surface area contributed by atoms with Gasteiger partial charge < -0.3 is 20.1 Å². The summed E-state index contributed by atoms with van der Waals surface area (Å²) in [4.78, 5) is 14.1. The standard InChI is InChI=1S/C16H24N2O3/c1-21-10-2-9-17-16(20)18(11-13-3-4-13)12-14-5-7-15(19)8-6-14/h5-8,13,19H,2-4,9-12H2,1H3,(H,17,20). The first-order chi connectivity index (χ1) is 10.2. The van der Waals surface area contributed by atoms with E-state index in [2.05, 4.69) is 5.32 Å². The summed E-state index contributed by atoms with van der Waals surface area (Å²) in [5.74, 6) is 0.892. The number of urea groups is 1. The van der Waals surface area contributed by atoms with Crippen LogP contribution in [-0.2, 0) is 11.3 Å². The fourth-order valence-electron chi connectivity index (χ4n) is 2.18. The number of hydrogen-bond donors (Lipinski definition) is 2. The van der Waals surface area contributed by atoms with E-state index in [0.717, 1.165) is 18.5 Å². The minimum atomic E-state index is -0.0221. The molecule has 1 aromatic rings. The summed E-state index contributed by atoms with van der Waals surface area (Å²) in [6, 6.07) is 6.99. The van der Waals surface area contributed by atoms with E-state index in [0.29, 0.717) is 25.6 Å². The number of carbonyl (C=O) groups is 1. The van der Waals surface area contributed by atoms with Crippen LogP contribution >= 0.6 is 0 Å². The molecule has 2 amide bonds. The molecule has 0 atom stereocenters. The van der Waals surface area contributed by atoms with Crippen LogP contribution < -0.4 is 5.32 Å². The third kappa shape index (κ3) is 5.63. The minimum Gasteiger partial charge on any atom is -0.508 e. The van der Waals surface area contributed by atoms with Gasteiger partial charge in [-0.3, -0.25) is 0 Å². The first kappa shape index (κ1) is 15.6. The second-order valence-electron chi connectivity index (χ2n) is 5.57. The molecule has 0 unspecified atom stereocenters. The molecule has 0 heterocycles. The molecule has 1 aromatic carbocycles. The molecule has 2 rings (SSSR count). The predicted octanol–water partition coefficient (Wildman–Crippen LogP) is 2.35. The molecule has 1 aliphatic rings. The van der Waals surface area contributed by atoms with Crippen molar-refractivity contribution in [1.29, 1.82) is 0 Å². The van der Waals surface area contributed by atoms with Crippen molar-refractivity contribution >= 4 is 6.03 Å². The molecule has 1 fully saturated rings. The van der Waals surface area contributed by atoms with Gasteiger partial charge in [0.1, 0.15) is 5.75 Å². The molecule has 116 valence electrons. The number of benzene rings is 1. The van der Waals surface area contributed by atoms with Crippen molar-refractivity contribution in [3.63, 3.8) is 0 Å². The summed E-state index contributed by atoms with van der Waals surface area (Å²) >= 11 is 0. The molecule has 5 nitrogen and oxygen atoms in total. The van der Waals surface area contributed by atoms with E-state index in [1.165, 1.54) is 12.8 Å². The fraction of sp³-hybridized carbons (Fsp3) is 0.562. The second-order valence-corrected chi connectivity index (χ2v) is 5.57. The third-order valence-corrected chi connectivity index (χ3v) is 3.57. The molecule has 5 heteroatoms. The number of ether oxygens (including phenoxy) is 1. The Morgan fingerprint density at radius 1 is 1.38 bits per heavy atom. The van der Waals surface area contributed by atoms with Gasteiger partial charge in [-0.25, -0.2) is 4.79 Å². The Morgan fingerprint density at radius 2 is 2.10 bits per heavy atom. The van der Waals surface area contributed by atoms with E-state index in [-0.39, 0.29) is 11.8 Å². The van der Waals surface area contributed by atoms with Crippen molar-refractivity contribution in [2.45, 2.75) is 25.8 Å². The van der Waals surface area contributed by atoms with E-state index < -0.39 is 0 Å². The van der Waals surface area contributed by atoms with Crippen molar-refractivity contribution in [2.24, 2.45) is 5.92 Å². The van der Waals surface area contributed by atoms with Gasteiger partial charge in [0.25, 0.3) is 0 Å². The Bertz CT molecular complexity index is 443. The zero-order valence-corrected chi connectivity index (χ0v) is 12.5. The van der Waals surface area contributed by atoms with Crippen LogP contribution in [-0.4, -0.2) is 42.8 Å². The zero-order valence-electron chi connectivity index (χ0n) is 12.5. The lowest BCUT2D eigenvalue weighted by molar-refractivity contribution is 0.182. The Morgan fingerprint density at radius 3 is 2.71 bits per heavy atom. The van der Waals surface area contributed by atoms with E-state index >= 15 is 0 Å². The van der Waals surface area contributed by atoms with Gasteiger partial charge in [-0.2, -0.15) is 0 Å². The Labute approximate surface area is 125 Å². The van der Waals surface area contributed by atoms with Crippen LogP contribution in [0.1, 0.15) is 24.8 Å². The van der Waals surface area contributed by atoms with Gasteiger partial charge in [-0.05, 0) is 42.9 Å². The lowest BCUT2D eigenvalue weighted by Gasteiger charge is -2.23. The highest BCUT2D eigenvalue weighted by Crippen LogP contribution is 2.30. The van der Waals surface area contributed by atoms with Gasteiger partial charge in [0, 0.05) is 33.4 Å². The molecule has 0 aliphatic heterocycles. The maximum atomic E-state index is 12.3. The number of methoxy groups -OCH3 is 1. The van der Waals surface area contributed by atoms with Gasteiger partial charge in [-0.1, -0.05) is 12.1 Å². The van der Waals surface area contributed by atoms with Crippen molar-refractivity contribution in [3.8, 4) is 5.75 Å². The van der Waals surface area contributed by atoms with E-state index in [1.807, 2.05) is 17.0 Å². The van der Waals surface area contributed by atoms with E-state index in [1.54, 1.807) is 19.2 Å². The lowest BCUT2D eigenvalue weighted by Crippen LogP contribution is -2.41. The molecule has 0 saturated heterocycles. The zero-order chi connectivity index (χ0) is 15.1. The van der Waals surface area contributed by atoms with Gasteiger partial charge in [0.05, 0.1) is 0 Å². The van der Waals surface area contributed by atoms with Crippen molar-refractivity contribution in [3.05, 3.63) is 29.8 Å². The number of rotatable bonds is 8. The molecule has 1 aliphatic carbocycles. The number of carbonyl (C=O) groups excluding carboxylic acids is 1. The Balaban J connectivity index is 1.86. The molecular formula is C16H24N2O3. The van der Waals surface area contributed by atoms with Crippen LogP contribution in [0.4, 0.5) is 4.79 Å². The number of phenols is 1. The number of hydrogen-bond acceptors (Lipinski definition) is 3. The van der Waals surface area contributed by atoms with Crippen LogP contribution in [0.2, 0.25) is 0 Å². The van der Waals surface area contributed by atoms with Gasteiger partial charge in [-0.15, -0.1) is 0 Å². The summed E-state index contributed by atoms with van der Waals surface area (Å²) in [7, 11) is 1.66. The van der Waals surface area contributed by atoms with Crippen LogP contribution in [0.5, 0.6) is 5.75 Å². The number of phenolic OH excluding ortho intramolecular Hbond substituents is 1. The van der Waals surface area contributed by atoms with Crippen LogP contribution in [0, 0.1) is 5.92 Å². The molecule has 21 heavy (non-hydrogen) atoms. The fourth-order valence-corrected chi connectivity index (χ4v) is 2.18. The topological polar surface area (TPSA) is 61.8 Å². The smallest absolute Gasteiger partial charge is 0.317 e. The molecule has 1 saturated carbocycles. The highest BCUT2D eigenvalue weighted by molar-refractivity contribution is 5.74. The van der Waals surface area contributed by atoms with Crippen molar-refractivity contribution < 1.29 is 14.6 Å². The molecule has 0 bridgehead atoms. The summed E-state index contributed by atoms with van der Waals surface area (Å²) in [5.41, 5.74) is 1.03. The highest BCUT2D eigenvalue weighted by atomic mass is 16.5. The van der Waals surface area contributed by atoms with Crippen LogP contribution in [0.3, 0.4) is 0 Å². The Kier molecular flexibility index (Phi) is 5.87. The molecule has 2 N–H and O–H groups in total.